The van der Waals surface area contributed by atoms with Crippen molar-refractivity contribution in [3.63, 3.8) is 0 Å². The lowest BCUT2D eigenvalue weighted by molar-refractivity contribution is -0.112. The summed E-state index contributed by atoms with van der Waals surface area (Å²) in [5.41, 5.74) is 3.98. The van der Waals surface area contributed by atoms with Crippen molar-refractivity contribution < 1.29 is 14.4 Å². The van der Waals surface area contributed by atoms with Crippen molar-refractivity contribution in [2.24, 2.45) is 5.16 Å². The second-order valence-corrected chi connectivity index (χ2v) is 7.90. The van der Waals surface area contributed by atoms with Gasteiger partial charge in [-0.25, -0.2) is 4.98 Å². The predicted octanol–water partition coefficient (Wildman–Crippen LogP) is 4.53. The molecule has 0 spiro atoms. The summed E-state index contributed by atoms with van der Waals surface area (Å²) in [5.74, 6) is 0.688. The Morgan fingerprint density at radius 3 is 2.66 bits per heavy atom. The fraction of sp³-hybridized carbons (Fsp3) is 0.400. The Balaban J connectivity index is 1.62. The van der Waals surface area contributed by atoms with Crippen molar-refractivity contribution in [2.75, 3.05) is 25.2 Å². The minimum absolute atomic E-state index is 0.155. The number of unbranched alkanes of at least 4 members (excludes halogenated alkanes) is 2. The molecule has 0 N–H and O–H groups in total. The van der Waals surface area contributed by atoms with E-state index in [1.54, 1.807) is 12.0 Å². The van der Waals surface area contributed by atoms with Crippen molar-refractivity contribution in [2.45, 2.75) is 45.7 Å². The Morgan fingerprint density at radius 2 is 1.81 bits per heavy atom. The monoisotopic (exact) mass is 434 g/mol. The predicted molar refractivity (Wildman–Crippen MR) is 126 cm³/mol. The molecule has 7 nitrogen and oxygen atoms in total. The molecule has 0 bridgehead atoms. The smallest absolute Gasteiger partial charge is 0.281 e. The van der Waals surface area contributed by atoms with Gasteiger partial charge in [-0.3, -0.25) is 9.69 Å². The SMILES string of the molecule is CCCCCO/N=C1/C(=O)N(Cc2nc3ccccc3n2CCCOC)c2ccccc21. The topological polar surface area (TPSA) is 69.0 Å². The van der Waals surface area contributed by atoms with Crippen molar-refractivity contribution in [3.05, 3.63) is 59.9 Å². The van der Waals surface area contributed by atoms with Crippen LogP contribution in [0, 0.1) is 0 Å². The van der Waals surface area contributed by atoms with E-state index in [4.69, 9.17) is 14.6 Å². The summed E-state index contributed by atoms with van der Waals surface area (Å²) in [5, 5.41) is 4.22. The number of carbonyl (C=O) groups excluding carboxylic acids is 1. The van der Waals surface area contributed by atoms with Crippen LogP contribution < -0.4 is 4.90 Å². The van der Waals surface area contributed by atoms with E-state index in [0.717, 1.165) is 60.3 Å². The number of imidazole rings is 1. The highest BCUT2D eigenvalue weighted by Crippen LogP contribution is 2.31. The van der Waals surface area contributed by atoms with E-state index in [-0.39, 0.29) is 5.91 Å². The van der Waals surface area contributed by atoms with Crippen LogP contribution in [0.5, 0.6) is 0 Å². The summed E-state index contributed by atoms with van der Waals surface area (Å²) in [6.07, 6.45) is 3.99. The Hall–Kier alpha value is -3.19. The molecule has 0 fully saturated rings. The number of anilines is 1. The van der Waals surface area contributed by atoms with Gasteiger partial charge in [0, 0.05) is 25.8 Å². The zero-order valence-electron chi connectivity index (χ0n) is 18.8. The van der Waals surface area contributed by atoms with Crippen LogP contribution in [0.4, 0.5) is 5.69 Å². The minimum atomic E-state index is -0.155. The average molecular weight is 435 g/mol. The first-order valence-corrected chi connectivity index (χ1v) is 11.3. The zero-order valence-corrected chi connectivity index (χ0v) is 18.8. The molecule has 4 rings (SSSR count). The second-order valence-electron chi connectivity index (χ2n) is 7.90. The maximum Gasteiger partial charge on any atom is 0.281 e. The van der Waals surface area contributed by atoms with Gasteiger partial charge in [0.25, 0.3) is 5.91 Å². The Morgan fingerprint density at radius 1 is 1.00 bits per heavy atom. The largest absolute Gasteiger partial charge is 0.395 e. The van der Waals surface area contributed by atoms with Crippen LogP contribution in [0.3, 0.4) is 0 Å². The Kier molecular flexibility index (Phi) is 7.17. The van der Waals surface area contributed by atoms with Gasteiger partial charge in [0.05, 0.1) is 23.3 Å². The highest BCUT2D eigenvalue weighted by Gasteiger charge is 2.35. The van der Waals surface area contributed by atoms with Crippen LogP contribution in [-0.2, 0) is 27.5 Å². The third-order valence-electron chi connectivity index (χ3n) is 5.66. The first kappa shape index (κ1) is 22.0. The van der Waals surface area contributed by atoms with Gasteiger partial charge in [-0.2, -0.15) is 0 Å². The van der Waals surface area contributed by atoms with Gasteiger partial charge in [-0.1, -0.05) is 55.3 Å². The van der Waals surface area contributed by atoms with Crippen LogP contribution in [0.25, 0.3) is 11.0 Å². The number of benzene rings is 2. The summed E-state index contributed by atoms with van der Waals surface area (Å²) in [6, 6.07) is 15.8. The molecular weight excluding hydrogens is 404 g/mol. The fourth-order valence-electron chi connectivity index (χ4n) is 4.04. The molecule has 2 aromatic carbocycles. The number of hydrogen-bond acceptors (Lipinski definition) is 5. The lowest BCUT2D eigenvalue weighted by Gasteiger charge is -2.17. The Bertz CT molecular complexity index is 1110. The van der Waals surface area contributed by atoms with E-state index < -0.39 is 0 Å². The molecule has 1 aliphatic rings. The number of methoxy groups -OCH3 is 1. The molecule has 168 valence electrons. The molecule has 32 heavy (non-hydrogen) atoms. The van der Waals surface area contributed by atoms with E-state index in [9.17, 15) is 4.79 Å². The molecule has 3 aromatic rings. The van der Waals surface area contributed by atoms with E-state index in [0.29, 0.717) is 25.5 Å². The molecule has 1 aromatic heterocycles. The summed E-state index contributed by atoms with van der Waals surface area (Å²) >= 11 is 0. The molecule has 0 aliphatic carbocycles. The van der Waals surface area contributed by atoms with Crippen molar-refractivity contribution in [1.29, 1.82) is 0 Å². The molecule has 7 heteroatoms. The van der Waals surface area contributed by atoms with Crippen LogP contribution in [0.15, 0.2) is 53.7 Å². The van der Waals surface area contributed by atoms with Crippen molar-refractivity contribution >= 4 is 28.3 Å². The summed E-state index contributed by atoms with van der Waals surface area (Å²) in [6.45, 7) is 4.47. The minimum Gasteiger partial charge on any atom is -0.395 e. The first-order valence-electron chi connectivity index (χ1n) is 11.3. The quantitative estimate of drug-likeness (QED) is 0.328. The van der Waals surface area contributed by atoms with E-state index in [2.05, 4.69) is 22.7 Å². The third kappa shape index (κ3) is 4.53. The number of aryl methyl sites for hydroxylation is 1. The lowest BCUT2D eigenvalue weighted by Crippen LogP contribution is -2.31. The molecule has 1 amide bonds. The van der Waals surface area contributed by atoms with Gasteiger partial charge in [0.2, 0.25) is 0 Å². The van der Waals surface area contributed by atoms with Crippen LogP contribution in [0.1, 0.15) is 44.0 Å². The number of aromatic nitrogens is 2. The molecule has 1 aliphatic heterocycles. The highest BCUT2D eigenvalue weighted by molar-refractivity contribution is 6.54. The standard InChI is InChI=1S/C25H30N4O3/c1-3-4-9-17-32-27-24-19-11-5-7-13-21(19)29(25(24)30)18-23-26-20-12-6-8-14-22(20)28(23)15-10-16-31-2/h5-8,11-14H,3-4,9-10,15-18H2,1-2H3/b27-24+. The summed E-state index contributed by atoms with van der Waals surface area (Å²) in [4.78, 5) is 25.4. The van der Waals surface area contributed by atoms with Crippen LogP contribution in [0.2, 0.25) is 0 Å². The number of nitrogens with zero attached hydrogens (tertiary/aromatic N) is 4. The number of fused-ring (bicyclic) bond motifs is 2. The molecule has 0 saturated carbocycles. The number of hydrogen-bond donors (Lipinski definition) is 0. The van der Waals surface area contributed by atoms with E-state index in [1.165, 1.54) is 0 Å². The maximum absolute atomic E-state index is 13.3. The van der Waals surface area contributed by atoms with Gasteiger partial charge in [-0.15, -0.1) is 0 Å². The number of para-hydroxylation sites is 3. The summed E-state index contributed by atoms with van der Waals surface area (Å²) < 4.78 is 7.42. The molecule has 0 saturated heterocycles. The van der Waals surface area contributed by atoms with Gasteiger partial charge in [0.15, 0.2) is 5.71 Å². The number of carbonyl (C=O) groups is 1. The van der Waals surface area contributed by atoms with Crippen molar-refractivity contribution in [3.8, 4) is 0 Å². The highest BCUT2D eigenvalue weighted by atomic mass is 16.6. The normalized spacial score (nSPS) is 14.5. The van der Waals surface area contributed by atoms with Gasteiger partial charge < -0.3 is 14.1 Å². The van der Waals surface area contributed by atoms with Gasteiger partial charge >= 0.3 is 0 Å². The van der Waals surface area contributed by atoms with Gasteiger partial charge in [-0.05, 0) is 31.0 Å². The van der Waals surface area contributed by atoms with E-state index in [1.807, 2.05) is 42.5 Å². The molecule has 0 radical (unpaired) electrons. The van der Waals surface area contributed by atoms with Crippen LogP contribution >= 0.6 is 0 Å². The summed E-state index contributed by atoms with van der Waals surface area (Å²) in [7, 11) is 1.71. The zero-order chi connectivity index (χ0) is 22.3. The maximum atomic E-state index is 13.3. The van der Waals surface area contributed by atoms with Gasteiger partial charge in [0.1, 0.15) is 12.4 Å². The fourth-order valence-corrected chi connectivity index (χ4v) is 4.04. The second kappa shape index (κ2) is 10.4. The van der Waals surface area contributed by atoms with E-state index >= 15 is 0 Å². The number of ether oxygens (including phenoxy) is 1. The first-order chi connectivity index (χ1) is 15.7. The lowest BCUT2D eigenvalue weighted by atomic mass is 10.1. The third-order valence-corrected chi connectivity index (χ3v) is 5.66. The number of rotatable bonds is 11. The molecule has 2 heterocycles. The molecular formula is C25H30N4O3. The molecule has 0 unspecified atom stereocenters. The number of amides is 1. The number of oxime groups is 1. The average Bonchev–Trinajstić information content (AvgIpc) is 3.29. The van der Waals surface area contributed by atoms with Crippen molar-refractivity contribution in [1.82, 2.24) is 9.55 Å². The van der Waals surface area contributed by atoms with Crippen LogP contribution in [-0.4, -0.2) is 41.5 Å². The molecule has 0 atom stereocenters. The Labute approximate surface area is 188 Å².